The molecule has 8 heteroatoms. The zero-order valence-corrected chi connectivity index (χ0v) is 15.0. The molecule has 130 valence electrons. The molecular formula is C17H18N4O3S. The van der Waals surface area contributed by atoms with Crippen molar-refractivity contribution >= 4 is 28.5 Å². The third kappa shape index (κ3) is 3.12. The van der Waals surface area contributed by atoms with Crippen LogP contribution in [0.25, 0.3) is 5.65 Å². The lowest BCUT2D eigenvalue weighted by Crippen LogP contribution is -2.21. The number of fused-ring (bicyclic) bond motifs is 1. The number of thiophene rings is 1. The minimum absolute atomic E-state index is 0.00204. The maximum atomic E-state index is 12.5. The highest BCUT2D eigenvalue weighted by atomic mass is 32.1. The number of nitrogens with zero attached hydrogens (tertiary/aromatic N) is 3. The lowest BCUT2D eigenvalue weighted by Gasteiger charge is -2.13. The Morgan fingerprint density at radius 2 is 2.20 bits per heavy atom. The van der Waals surface area contributed by atoms with Crippen molar-refractivity contribution in [3.63, 3.8) is 0 Å². The molecule has 0 aliphatic rings. The minimum atomic E-state index is -0.693. The molecule has 0 bridgehead atoms. The summed E-state index contributed by atoms with van der Waals surface area (Å²) >= 11 is 1.67. The molecule has 0 saturated carbocycles. The number of aryl methyl sites for hydroxylation is 2. The predicted molar refractivity (Wildman–Crippen MR) is 98.6 cm³/mol. The fourth-order valence-corrected chi connectivity index (χ4v) is 3.85. The monoisotopic (exact) mass is 358 g/mol. The first kappa shape index (κ1) is 17.1. The summed E-state index contributed by atoms with van der Waals surface area (Å²) in [6, 6.07) is 6.89. The molecule has 0 amide bonds. The van der Waals surface area contributed by atoms with Crippen LogP contribution in [0.5, 0.6) is 0 Å². The van der Waals surface area contributed by atoms with Crippen molar-refractivity contribution in [1.82, 2.24) is 9.38 Å². The van der Waals surface area contributed by atoms with Crippen LogP contribution in [0.1, 0.15) is 35.2 Å². The van der Waals surface area contributed by atoms with Gasteiger partial charge in [0.2, 0.25) is 5.82 Å². The molecule has 1 atom stereocenters. The highest BCUT2D eigenvalue weighted by Gasteiger charge is 2.25. The molecule has 3 aromatic rings. The van der Waals surface area contributed by atoms with Crippen molar-refractivity contribution in [2.75, 3.05) is 5.32 Å². The Labute approximate surface area is 148 Å². The average molecular weight is 358 g/mol. The quantitative estimate of drug-likeness (QED) is 0.555. The van der Waals surface area contributed by atoms with E-state index in [4.69, 9.17) is 0 Å². The Kier molecular flexibility index (Phi) is 4.54. The summed E-state index contributed by atoms with van der Waals surface area (Å²) in [6.45, 7) is 6.05. The van der Waals surface area contributed by atoms with E-state index < -0.39 is 16.2 Å². The zero-order valence-electron chi connectivity index (χ0n) is 14.1. The largest absolute Gasteiger partial charge is 0.376 e. The standard InChI is InChI=1S/C17H18N4O3S/c1-4-12-10(2)9-13(25-12)11(3)18-16-15(21(23)24)17(22)20-8-6-5-7-14(20)19-16/h5-9,11,18H,4H2,1-3H3. The van der Waals surface area contributed by atoms with E-state index in [9.17, 15) is 14.9 Å². The van der Waals surface area contributed by atoms with Gasteiger partial charge in [0.1, 0.15) is 5.65 Å². The summed E-state index contributed by atoms with van der Waals surface area (Å²) in [6.07, 6.45) is 2.42. The number of hydrogen-bond donors (Lipinski definition) is 1. The summed E-state index contributed by atoms with van der Waals surface area (Å²) < 4.78 is 1.18. The van der Waals surface area contributed by atoms with E-state index >= 15 is 0 Å². The second kappa shape index (κ2) is 6.64. The van der Waals surface area contributed by atoms with Crippen LogP contribution in [0.3, 0.4) is 0 Å². The van der Waals surface area contributed by atoms with Gasteiger partial charge < -0.3 is 5.32 Å². The van der Waals surface area contributed by atoms with Gasteiger partial charge in [0.25, 0.3) is 0 Å². The zero-order chi connectivity index (χ0) is 18.1. The second-order valence-electron chi connectivity index (χ2n) is 5.77. The SMILES string of the molecule is CCc1sc(C(C)Nc2nc3ccccn3c(=O)c2[N+](=O)[O-])cc1C. The predicted octanol–water partition coefficient (Wildman–Crippen LogP) is 3.71. The van der Waals surface area contributed by atoms with Crippen LogP contribution < -0.4 is 10.9 Å². The Morgan fingerprint density at radius 3 is 2.84 bits per heavy atom. The normalized spacial score (nSPS) is 12.3. The summed E-state index contributed by atoms with van der Waals surface area (Å²) in [4.78, 5) is 29.8. The first-order valence-electron chi connectivity index (χ1n) is 7.94. The molecular weight excluding hydrogens is 340 g/mol. The van der Waals surface area contributed by atoms with E-state index in [-0.39, 0.29) is 11.9 Å². The van der Waals surface area contributed by atoms with E-state index in [0.29, 0.717) is 5.65 Å². The van der Waals surface area contributed by atoms with Crippen LogP contribution in [0, 0.1) is 17.0 Å². The first-order chi connectivity index (χ1) is 11.9. The van der Waals surface area contributed by atoms with Crippen LogP contribution in [-0.4, -0.2) is 14.3 Å². The van der Waals surface area contributed by atoms with Gasteiger partial charge in [0, 0.05) is 16.0 Å². The third-order valence-corrected chi connectivity index (χ3v) is 5.60. The van der Waals surface area contributed by atoms with E-state index in [2.05, 4.69) is 30.2 Å². The van der Waals surface area contributed by atoms with E-state index in [1.165, 1.54) is 21.0 Å². The summed E-state index contributed by atoms with van der Waals surface area (Å²) in [5, 5.41) is 14.5. The fraction of sp³-hybridized carbons (Fsp3) is 0.294. The van der Waals surface area contributed by atoms with Gasteiger partial charge >= 0.3 is 11.2 Å². The van der Waals surface area contributed by atoms with Crippen LogP contribution >= 0.6 is 11.3 Å². The molecule has 0 aliphatic heterocycles. The third-order valence-electron chi connectivity index (χ3n) is 4.03. The number of aromatic nitrogens is 2. The van der Waals surface area contributed by atoms with Gasteiger partial charge in [-0.2, -0.15) is 0 Å². The molecule has 0 aromatic carbocycles. The molecule has 7 nitrogen and oxygen atoms in total. The molecule has 0 fully saturated rings. The molecule has 3 heterocycles. The maximum Gasteiger partial charge on any atom is 0.376 e. The molecule has 0 spiro atoms. The minimum Gasteiger partial charge on any atom is -0.357 e. The number of anilines is 1. The highest BCUT2D eigenvalue weighted by molar-refractivity contribution is 7.12. The van der Waals surface area contributed by atoms with Gasteiger partial charge in [0.05, 0.1) is 11.0 Å². The van der Waals surface area contributed by atoms with Crippen molar-refractivity contribution in [2.24, 2.45) is 0 Å². The Bertz CT molecular complexity index is 1010. The molecule has 25 heavy (non-hydrogen) atoms. The van der Waals surface area contributed by atoms with Crippen molar-refractivity contribution in [3.05, 3.63) is 66.2 Å². The van der Waals surface area contributed by atoms with Crippen molar-refractivity contribution in [3.8, 4) is 0 Å². The molecule has 3 rings (SSSR count). The maximum absolute atomic E-state index is 12.5. The first-order valence-corrected chi connectivity index (χ1v) is 8.75. The lowest BCUT2D eigenvalue weighted by molar-refractivity contribution is -0.385. The summed E-state index contributed by atoms with van der Waals surface area (Å²) in [5.74, 6) is -0.00204. The number of hydrogen-bond acceptors (Lipinski definition) is 6. The number of rotatable bonds is 5. The van der Waals surface area contributed by atoms with Crippen molar-refractivity contribution in [1.29, 1.82) is 0 Å². The highest BCUT2D eigenvalue weighted by Crippen LogP contribution is 2.31. The average Bonchev–Trinajstić information content (AvgIpc) is 2.95. The van der Waals surface area contributed by atoms with Crippen LogP contribution in [0.15, 0.2) is 35.3 Å². The Balaban J connectivity index is 2.06. The van der Waals surface area contributed by atoms with E-state index in [1.54, 1.807) is 29.5 Å². The van der Waals surface area contributed by atoms with Gasteiger partial charge in [-0.3, -0.25) is 19.3 Å². The van der Waals surface area contributed by atoms with Crippen LogP contribution in [0.4, 0.5) is 11.5 Å². The lowest BCUT2D eigenvalue weighted by atomic mass is 10.2. The Hall–Kier alpha value is -2.74. The smallest absolute Gasteiger partial charge is 0.357 e. The van der Waals surface area contributed by atoms with Crippen LogP contribution in [0.2, 0.25) is 0 Å². The number of pyridine rings is 1. The molecule has 0 saturated heterocycles. The summed E-state index contributed by atoms with van der Waals surface area (Å²) in [7, 11) is 0. The van der Waals surface area contributed by atoms with Crippen molar-refractivity contribution < 1.29 is 4.92 Å². The Morgan fingerprint density at radius 1 is 1.44 bits per heavy atom. The van der Waals surface area contributed by atoms with E-state index in [0.717, 1.165) is 11.3 Å². The molecule has 1 unspecified atom stereocenters. The second-order valence-corrected chi connectivity index (χ2v) is 6.94. The molecule has 0 aliphatic carbocycles. The molecule has 0 radical (unpaired) electrons. The van der Waals surface area contributed by atoms with Gasteiger partial charge in [-0.05, 0) is 44.0 Å². The number of nitro groups is 1. The topological polar surface area (TPSA) is 89.5 Å². The number of nitrogens with one attached hydrogen (secondary N) is 1. The summed E-state index contributed by atoms with van der Waals surface area (Å²) in [5.41, 5.74) is 0.336. The van der Waals surface area contributed by atoms with Crippen molar-refractivity contribution in [2.45, 2.75) is 33.2 Å². The van der Waals surface area contributed by atoms with Crippen LogP contribution in [-0.2, 0) is 6.42 Å². The molecule has 1 N–H and O–H groups in total. The van der Waals surface area contributed by atoms with Gasteiger partial charge in [-0.25, -0.2) is 4.98 Å². The fourth-order valence-electron chi connectivity index (χ4n) is 2.73. The molecule has 3 aromatic heterocycles. The van der Waals surface area contributed by atoms with E-state index in [1.807, 2.05) is 6.92 Å². The van der Waals surface area contributed by atoms with Gasteiger partial charge in [-0.15, -0.1) is 11.3 Å². The van der Waals surface area contributed by atoms with Gasteiger partial charge in [0.15, 0.2) is 0 Å². The van der Waals surface area contributed by atoms with Gasteiger partial charge in [-0.1, -0.05) is 13.0 Å².